The maximum Gasteiger partial charge on any atom is 0.128 e. The van der Waals surface area contributed by atoms with Crippen molar-refractivity contribution in [3.8, 4) is 11.5 Å². The molecule has 4 heteroatoms. The third kappa shape index (κ3) is 4.12. The van der Waals surface area contributed by atoms with Crippen LogP contribution in [0.25, 0.3) is 0 Å². The van der Waals surface area contributed by atoms with E-state index >= 15 is 0 Å². The molecule has 1 aromatic rings. The van der Waals surface area contributed by atoms with E-state index in [0.717, 1.165) is 6.42 Å². The molecule has 1 saturated carbocycles. The lowest BCUT2D eigenvalue weighted by atomic mass is 10.0. The summed E-state index contributed by atoms with van der Waals surface area (Å²) in [6.45, 7) is 0.175. The van der Waals surface area contributed by atoms with Gasteiger partial charge < -0.3 is 19.7 Å². The third-order valence-corrected chi connectivity index (χ3v) is 3.96. The molecule has 2 rings (SSSR count). The van der Waals surface area contributed by atoms with Crippen molar-refractivity contribution in [2.45, 2.75) is 44.8 Å². The monoisotopic (exact) mass is 280 g/mol. The van der Waals surface area contributed by atoms with E-state index in [1.807, 2.05) is 0 Å². The van der Waals surface area contributed by atoms with Gasteiger partial charge in [-0.3, -0.25) is 0 Å². The highest BCUT2D eigenvalue weighted by atomic mass is 16.5. The second kappa shape index (κ2) is 7.50. The van der Waals surface area contributed by atoms with Crippen LogP contribution < -0.4 is 9.47 Å². The maximum absolute atomic E-state index is 10.0. The summed E-state index contributed by atoms with van der Waals surface area (Å²) in [5, 5.41) is 19.3. The van der Waals surface area contributed by atoms with Crippen LogP contribution in [0.15, 0.2) is 18.2 Å². The van der Waals surface area contributed by atoms with Crippen LogP contribution in [0.3, 0.4) is 0 Å². The van der Waals surface area contributed by atoms with E-state index in [-0.39, 0.29) is 13.2 Å². The predicted octanol–water partition coefficient (Wildman–Crippen LogP) is 2.51. The molecule has 0 aliphatic heterocycles. The van der Waals surface area contributed by atoms with Crippen LogP contribution >= 0.6 is 0 Å². The molecule has 1 atom stereocenters. The Labute approximate surface area is 120 Å². The molecule has 0 heterocycles. The first-order chi connectivity index (χ1) is 9.72. The van der Waals surface area contributed by atoms with Crippen molar-refractivity contribution in [1.29, 1.82) is 0 Å². The largest absolute Gasteiger partial charge is 0.497 e. The average molecular weight is 280 g/mol. The molecule has 0 saturated heterocycles. The Bertz CT molecular complexity index is 413. The van der Waals surface area contributed by atoms with Crippen molar-refractivity contribution in [2.75, 3.05) is 13.7 Å². The number of aliphatic hydroxyl groups is 2. The maximum atomic E-state index is 10.0. The molecule has 1 aromatic carbocycles. The Kier molecular flexibility index (Phi) is 5.68. The first-order valence-corrected chi connectivity index (χ1v) is 7.31. The van der Waals surface area contributed by atoms with Gasteiger partial charge in [0.25, 0.3) is 0 Å². The van der Waals surface area contributed by atoms with Gasteiger partial charge in [0.1, 0.15) is 18.1 Å². The Morgan fingerprint density at radius 2 is 2.05 bits per heavy atom. The van der Waals surface area contributed by atoms with Crippen molar-refractivity contribution in [3.63, 3.8) is 0 Å². The molecule has 4 nitrogen and oxygen atoms in total. The summed E-state index contributed by atoms with van der Waals surface area (Å²) in [5.41, 5.74) is 0.707. The molecule has 1 unspecified atom stereocenters. The number of aliphatic hydroxyl groups excluding tert-OH is 2. The van der Waals surface area contributed by atoms with Crippen LogP contribution in [0.2, 0.25) is 0 Å². The van der Waals surface area contributed by atoms with E-state index in [1.54, 1.807) is 25.3 Å². The van der Waals surface area contributed by atoms with E-state index in [2.05, 4.69) is 0 Å². The molecule has 112 valence electrons. The summed E-state index contributed by atoms with van der Waals surface area (Å²) in [7, 11) is 1.59. The van der Waals surface area contributed by atoms with Gasteiger partial charge in [-0.05, 0) is 24.5 Å². The standard InChI is InChI=1S/C16H24O4/c1-19-15-7-6-13(10-17)16(9-15)20-11-14(18)8-12-4-2-3-5-12/h6-7,9,12,14,17-18H,2-5,8,10-11H2,1H3. The topological polar surface area (TPSA) is 58.9 Å². The quantitative estimate of drug-likeness (QED) is 0.805. The number of hydrogen-bond donors (Lipinski definition) is 2. The lowest BCUT2D eigenvalue weighted by molar-refractivity contribution is 0.0842. The molecule has 0 aromatic heterocycles. The van der Waals surface area contributed by atoms with Crippen LogP contribution in [-0.4, -0.2) is 30.0 Å². The van der Waals surface area contributed by atoms with Crippen molar-refractivity contribution in [3.05, 3.63) is 23.8 Å². The fraction of sp³-hybridized carbons (Fsp3) is 0.625. The Balaban J connectivity index is 1.88. The second-order valence-electron chi connectivity index (χ2n) is 5.48. The molecule has 2 N–H and O–H groups in total. The van der Waals surface area contributed by atoms with Crippen molar-refractivity contribution >= 4 is 0 Å². The smallest absolute Gasteiger partial charge is 0.128 e. The normalized spacial score (nSPS) is 17.1. The van der Waals surface area contributed by atoms with Crippen molar-refractivity contribution in [1.82, 2.24) is 0 Å². The van der Waals surface area contributed by atoms with Gasteiger partial charge in [0.2, 0.25) is 0 Å². The molecule has 1 aliphatic carbocycles. The number of hydrogen-bond acceptors (Lipinski definition) is 4. The zero-order valence-electron chi connectivity index (χ0n) is 12.0. The number of ether oxygens (including phenoxy) is 2. The van der Waals surface area contributed by atoms with E-state index < -0.39 is 6.10 Å². The van der Waals surface area contributed by atoms with Gasteiger partial charge in [-0.2, -0.15) is 0 Å². The van der Waals surface area contributed by atoms with Crippen LogP contribution in [0.1, 0.15) is 37.7 Å². The van der Waals surface area contributed by atoms with Crippen LogP contribution in [0, 0.1) is 5.92 Å². The van der Waals surface area contributed by atoms with Gasteiger partial charge in [-0.1, -0.05) is 25.7 Å². The lowest BCUT2D eigenvalue weighted by Gasteiger charge is -2.17. The molecule has 0 spiro atoms. The van der Waals surface area contributed by atoms with E-state index in [0.29, 0.717) is 23.0 Å². The molecule has 1 fully saturated rings. The number of methoxy groups -OCH3 is 1. The zero-order chi connectivity index (χ0) is 14.4. The lowest BCUT2D eigenvalue weighted by Crippen LogP contribution is -2.20. The Hall–Kier alpha value is -1.26. The first kappa shape index (κ1) is 15.1. The van der Waals surface area contributed by atoms with Crippen LogP contribution in [0.4, 0.5) is 0 Å². The predicted molar refractivity (Wildman–Crippen MR) is 77.0 cm³/mol. The molecule has 0 radical (unpaired) electrons. The van der Waals surface area contributed by atoms with Gasteiger partial charge in [0.05, 0.1) is 19.8 Å². The molecule has 20 heavy (non-hydrogen) atoms. The van der Waals surface area contributed by atoms with E-state index in [9.17, 15) is 10.2 Å². The van der Waals surface area contributed by atoms with Crippen molar-refractivity contribution in [2.24, 2.45) is 5.92 Å². The van der Waals surface area contributed by atoms with Gasteiger partial charge in [0.15, 0.2) is 0 Å². The summed E-state index contributed by atoms with van der Waals surface area (Å²) in [6.07, 6.45) is 5.36. The molecular formula is C16H24O4. The van der Waals surface area contributed by atoms with Crippen LogP contribution in [0.5, 0.6) is 11.5 Å². The van der Waals surface area contributed by atoms with E-state index in [4.69, 9.17) is 9.47 Å². The first-order valence-electron chi connectivity index (χ1n) is 7.31. The zero-order valence-corrected chi connectivity index (χ0v) is 12.0. The molecule has 0 bridgehead atoms. The highest BCUT2D eigenvalue weighted by Gasteiger charge is 2.19. The third-order valence-electron chi connectivity index (χ3n) is 3.96. The minimum atomic E-state index is -0.448. The van der Waals surface area contributed by atoms with Crippen molar-refractivity contribution < 1.29 is 19.7 Å². The highest BCUT2D eigenvalue weighted by Crippen LogP contribution is 2.29. The second-order valence-corrected chi connectivity index (χ2v) is 5.48. The summed E-state index contributed by atoms with van der Waals surface area (Å²) >= 11 is 0. The average Bonchev–Trinajstić information content (AvgIpc) is 2.97. The van der Waals surface area contributed by atoms with Gasteiger partial charge in [-0.25, -0.2) is 0 Å². The van der Waals surface area contributed by atoms with Crippen LogP contribution in [-0.2, 0) is 6.61 Å². The Morgan fingerprint density at radius 1 is 1.30 bits per heavy atom. The highest BCUT2D eigenvalue weighted by molar-refractivity contribution is 5.40. The van der Waals surface area contributed by atoms with Gasteiger partial charge in [-0.15, -0.1) is 0 Å². The summed E-state index contributed by atoms with van der Waals surface area (Å²) < 4.78 is 10.8. The van der Waals surface area contributed by atoms with Gasteiger partial charge >= 0.3 is 0 Å². The molecule has 0 amide bonds. The van der Waals surface area contributed by atoms with Gasteiger partial charge in [0, 0.05) is 11.6 Å². The SMILES string of the molecule is COc1ccc(CO)c(OCC(O)CC2CCCC2)c1. The summed E-state index contributed by atoms with van der Waals surface area (Å²) in [5.74, 6) is 1.90. The summed E-state index contributed by atoms with van der Waals surface area (Å²) in [4.78, 5) is 0. The fourth-order valence-corrected chi connectivity index (χ4v) is 2.81. The molecule has 1 aliphatic rings. The summed E-state index contributed by atoms with van der Waals surface area (Å²) in [6, 6.07) is 5.30. The minimum Gasteiger partial charge on any atom is -0.497 e. The number of rotatable bonds is 7. The minimum absolute atomic E-state index is 0.0853. The van der Waals surface area contributed by atoms with E-state index in [1.165, 1.54) is 25.7 Å². The molecular weight excluding hydrogens is 256 g/mol. The number of benzene rings is 1. The Morgan fingerprint density at radius 3 is 2.70 bits per heavy atom. The fourth-order valence-electron chi connectivity index (χ4n) is 2.81.